The monoisotopic (exact) mass is 310 g/mol. The van der Waals surface area contributed by atoms with E-state index in [0.717, 1.165) is 15.3 Å². The molecule has 0 aromatic rings. The molecule has 0 heterocycles. The first-order valence-electron chi connectivity index (χ1n) is 5.76. The van der Waals surface area contributed by atoms with Crippen LogP contribution in [0.5, 0.6) is 0 Å². The topological polar surface area (TPSA) is 26.3 Å². The summed E-state index contributed by atoms with van der Waals surface area (Å²) in [6.07, 6.45) is 0. The Morgan fingerprint density at radius 1 is 1.41 bits per heavy atom. The molecular weight excluding hydrogens is 288 g/mol. The summed E-state index contributed by atoms with van der Waals surface area (Å²) in [5.74, 6) is 0.802. The van der Waals surface area contributed by atoms with Gasteiger partial charge in [-0.1, -0.05) is 50.5 Å². The number of hydrogen-bond donors (Lipinski definition) is 0. The zero-order chi connectivity index (χ0) is 13.5. The molecule has 0 fully saturated rings. The molecule has 1 unspecified atom stereocenters. The molecule has 0 aliphatic carbocycles. The average Bonchev–Trinajstić information content (AvgIpc) is 2.15. The molecule has 0 N–H and O–H groups in total. The van der Waals surface area contributed by atoms with Crippen LogP contribution in [0, 0.1) is 0 Å². The van der Waals surface area contributed by atoms with Gasteiger partial charge in [-0.2, -0.15) is 0 Å². The van der Waals surface area contributed by atoms with Gasteiger partial charge in [0.05, 0.1) is 6.61 Å². The van der Waals surface area contributed by atoms with E-state index in [2.05, 4.69) is 26.6 Å². The molecular formula is C11H22O2S3Si. The Morgan fingerprint density at radius 2 is 2.00 bits per heavy atom. The first-order valence-corrected chi connectivity index (χ1v) is 11.7. The minimum atomic E-state index is -1.12. The van der Waals surface area contributed by atoms with Crippen LogP contribution in [-0.2, 0) is 9.53 Å². The normalized spacial score (nSPS) is 13.2. The van der Waals surface area contributed by atoms with Gasteiger partial charge >= 0.3 is 5.97 Å². The van der Waals surface area contributed by atoms with E-state index in [-0.39, 0.29) is 11.2 Å². The largest absolute Gasteiger partial charge is 0.465 e. The summed E-state index contributed by atoms with van der Waals surface area (Å²) in [6.45, 7) is 11.3. The predicted octanol–water partition coefficient (Wildman–Crippen LogP) is 4.03. The molecule has 0 aromatic carbocycles. The van der Waals surface area contributed by atoms with E-state index < -0.39 is 8.07 Å². The van der Waals surface area contributed by atoms with Crippen molar-refractivity contribution >= 4 is 53.3 Å². The number of rotatable bonds is 6. The predicted molar refractivity (Wildman–Crippen MR) is 86.9 cm³/mol. The Kier molecular flexibility index (Phi) is 8.80. The molecule has 0 saturated carbocycles. The van der Waals surface area contributed by atoms with Gasteiger partial charge in [-0.05, 0) is 18.7 Å². The molecule has 6 heteroatoms. The molecule has 0 aromatic heterocycles. The number of carbonyl (C=O) groups is 1. The number of ether oxygens (including phenoxy) is 1. The molecule has 100 valence electrons. The summed E-state index contributed by atoms with van der Waals surface area (Å²) in [6, 6.07) is 1.02. The fraction of sp³-hybridized carbons (Fsp3) is 0.818. The summed E-state index contributed by atoms with van der Waals surface area (Å²) in [4.78, 5) is 11.7. The standard InChI is InChI=1S/C11H22O2S3Si/c1-6-15-11(14)16-9(2)10(12)13-7-8-17(3,4)5/h9H,6-8H2,1-5H3. The van der Waals surface area contributed by atoms with Crippen molar-refractivity contribution in [2.24, 2.45) is 0 Å². The third-order valence-corrected chi connectivity index (χ3v) is 6.21. The van der Waals surface area contributed by atoms with Gasteiger partial charge in [-0.3, -0.25) is 4.79 Å². The molecule has 0 radical (unpaired) electrons. The van der Waals surface area contributed by atoms with E-state index in [1.54, 1.807) is 11.8 Å². The Labute approximate surface area is 120 Å². The minimum Gasteiger partial charge on any atom is -0.465 e. The second-order valence-corrected chi connectivity index (χ2v) is 14.4. The van der Waals surface area contributed by atoms with Crippen molar-refractivity contribution in [3.05, 3.63) is 0 Å². The van der Waals surface area contributed by atoms with Crippen LogP contribution in [0.15, 0.2) is 0 Å². The van der Waals surface area contributed by atoms with Crippen molar-refractivity contribution < 1.29 is 9.53 Å². The summed E-state index contributed by atoms with van der Waals surface area (Å²) >= 11 is 8.17. The molecule has 1 atom stereocenters. The van der Waals surface area contributed by atoms with Crippen molar-refractivity contribution in [3.63, 3.8) is 0 Å². The second kappa shape index (κ2) is 8.56. The Morgan fingerprint density at radius 3 is 2.47 bits per heavy atom. The Balaban J connectivity index is 3.86. The van der Waals surface area contributed by atoms with Crippen LogP contribution in [0.4, 0.5) is 0 Å². The van der Waals surface area contributed by atoms with Gasteiger partial charge in [-0.25, -0.2) is 0 Å². The van der Waals surface area contributed by atoms with Crippen LogP contribution in [0.1, 0.15) is 13.8 Å². The van der Waals surface area contributed by atoms with Crippen molar-refractivity contribution in [2.75, 3.05) is 12.4 Å². The lowest BCUT2D eigenvalue weighted by molar-refractivity contribution is -0.142. The van der Waals surface area contributed by atoms with Crippen LogP contribution < -0.4 is 0 Å². The number of carbonyl (C=O) groups excluding carboxylic acids is 1. The summed E-state index contributed by atoms with van der Waals surface area (Å²) in [5.41, 5.74) is 0. The number of esters is 1. The first kappa shape index (κ1) is 17.5. The molecule has 0 spiro atoms. The fourth-order valence-corrected chi connectivity index (χ4v) is 4.17. The second-order valence-electron chi connectivity index (χ2n) is 4.92. The van der Waals surface area contributed by atoms with Crippen LogP contribution in [-0.4, -0.2) is 35.2 Å². The van der Waals surface area contributed by atoms with Gasteiger partial charge in [0.15, 0.2) is 0 Å². The Hall–Kier alpha value is 0.477. The third-order valence-electron chi connectivity index (χ3n) is 1.96. The highest BCUT2D eigenvalue weighted by Crippen LogP contribution is 2.22. The van der Waals surface area contributed by atoms with Gasteiger partial charge in [0.25, 0.3) is 0 Å². The van der Waals surface area contributed by atoms with E-state index in [0.29, 0.717) is 6.61 Å². The molecule has 0 amide bonds. The highest BCUT2D eigenvalue weighted by molar-refractivity contribution is 8.47. The zero-order valence-corrected chi connectivity index (χ0v) is 14.7. The van der Waals surface area contributed by atoms with Crippen molar-refractivity contribution in [3.8, 4) is 0 Å². The van der Waals surface area contributed by atoms with Crippen molar-refractivity contribution in [1.82, 2.24) is 0 Å². The smallest absolute Gasteiger partial charge is 0.319 e. The van der Waals surface area contributed by atoms with E-state index in [4.69, 9.17) is 17.0 Å². The molecule has 0 rings (SSSR count). The maximum absolute atomic E-state index is 11.7. The number of thioether (sulfide) groups is 2. The summed E-state index contributed by atoms with van der Waals surface area (Å²) < 4.78 is 6.09. The lowest BCUT2D eigenvalue weighted by atomic mass is 10.5. The quantitative estimate of drug-likeness (QED) is 0.419. The molecule has 0 bridgehead atoms. The zero-order valence-electron chi connectivity index (χ0n) is 11.2. The maximum Gasteiger partial charge on any atom is 0.319 e. The third kappa shape index (κ3) is 10.1. The van der Waals surface area contributed by atoms with E-state index in [9.17, 15) is 4.79 Å². The van der Waals surface area contributed by atoms with Crippen LogP contribution in [0.3, 0.4) is 0 Å². The van der Waals surface area contributed by atoms with Crippen molar-refractivity contribution in [1.29, 1.82) is 0 Å². The maximum atomic E-state index is 11.7. The Bertz CT molecular complexity index is 264. The number of hydrogen-bond acceptors (Lipinski definition) is 5. The minimum absolute atomic E-state index is 0.146. The van der Waals surface area contributed by atoms with Crippen LogP contribution in [0.2, 0.25) is 25.7 Å². The fourth-order valence-electron chi connectivity index (χ4n) is 0.919. The molecule has 0 aliphatic rings. The van der Waals surface area contributed by atoms with Gasteiger partial charge in [0, 0.05) is 8.07 Å². The SMILES string of the molecule is CCSC(=S)SC(C)C(=O)OCC[Si](C)(C)C. The van der Waals surface area contributed by atoms with Crippen molar-refractivity contribution in [2.45, 2.75) is 44.8 Å². The lowest BCUT2D eigenvalue weighted by Gasteiger charge is -2.16. The molecule has 17 heavy (non-hydrogen) atoms. The van der Waals surface area contributed by atoms with Crippen LogP contribution >= 0.6 is 35.7 Å². The highest BCUT2D eigenvalue weighted by Gasteiger charge is 2.19. The molecule has 0 aliphatic heterocycles. The van der Waals surface area contributed by atoms with Gasteiger partial charge in [0.2, 0.25) is 0 Å². The summed E-state index contributed by atoms with van der Waals surface area (Å²) in [5, 5.41) is -0.191. The summed E-state index contributed by atoms with van der Waals surface area (Å²) in [7, 11) is -1.12. The molecule has 0 saturated heterocycles. The van der Waals surface area contributed by atoms with E-state index in [1.165, 1.54) is 11.8 Å². The van der Waals surface area contributed by atoms with E-state index in [1.807, 2.05) is 6.92 Å². The molecule has 2 nitrogen and oxygen atoms in total. The number of thiocarbonyl (C=S) groups is 1. The van der Waals surface area contributed by atoms with Crippen LogP contribution in [0.25, 0.3) is 0 Å². The van der Waals surface area contributed by atoms with Gasteiger partial charge < -0.3 is 4.74 Å². The van der Waals surface area contributed by atoms with E-state index >= 15 is 0 Å². The lowest BCUT2D eigenvalue weighted by Crippen LogP contribution is -2.25. The average molecular weight is 311 g/mol. The highest BCUT2D eigenvalue weighted by atomic mass is 32.2. The first-order chi connectivity index (χ1) is 7.76. The van der Waals surface area contributed by atoms with Gasteiger partial charge in [0.1, 0.15) is 8.78 Å². The van der Waals surface area contributed by atoms with Gasteiger partial charge in [-0.15, -0.1) is 11.8 Å².